The van der Waals surface area contributed by atoms with Gasteiger partial charge in [0, 0.05) is 6.04 Å². The van der Waals surface area contributed by atoms with Crippen molar-refractivity contribution in [3.63, 3.8) is 0 Å². The van der Waals surface area contributed by atoms with Crippen LogP contribution in [-0.2, 0) is 4.74 Å². The van der Waals surface area contributed by atoms with Crippen LogP contribution in [0.1, 0.15) is 98.3 Å². The van der Waals surface area contributed by atoms with Crippen LogP contribution in [0.15, 0.2) is 0 Å². The Morgan fingerprint density at radius 3 is 1.86 bits per heavy atom. The number of ether oxygens (including phenoxy) is 1. The quantitative estimate of drug-likeness (QED) is 0.419. The van der Waals surface area contributed by atoms with Crippen molar-refractivity contribution in [2.45, 2.75) is 104 Å². The zero-order valence-corrected chi connectivity index (χ0v) is 15.7. The monoisotopic (exact) mass is 313 g/mol. The molecule has 0 aliphatic rings. The molecule has 3 heteroatoms. The summed E-state index contributed by atoms with van der Waals surface area (Å²) in [5.74, 6) is 0. The molecule has 3 nitrogen and oxygen atoms in total. The Bertz CT molecular complexity index is 281. The number of hydrogen-bond donors (Lipinski definition) is 1. The number of carbonyl (C=O) groups is 1. The van der Waals surface area contributed by atoms with E-state index in [1.54, 1.807) is 0 Å². The Labute approximate surface area is 138 Å². The minimum Gasteiger partial charge on any atom is -0.453 e. The van der Waals surface area contributed by atoms with E-state index in [-0.39, 0.29) is 17.6 Å². The molecule has 0 fully saturated rings. The van der Waals surface area contributed by atoms with Crippen LogP contribution >= 0.6 is 0 Å². The van der Waals surface area contributed by atoms with Crippen LogP contribution in [0.4, 0.5) is 4.79 Å². The minimum atomic E-state index is -0.307. The Hall–Kier alpha value is -0.730. The molecule has 22 heavy (non-hydrogen) atoms. The van der Waals surface area contributed by atoms with E-state index in [9.17, 15) is 4.79 Å². The summed E-state index contributed by atoms with van der Waals surface area (Å²) < 4.78 is 4.77. The standard InChI is InChI=1S/C19H39NO2/c1-6-8-10-12-14-16-19(4,15-13-11-9-7-2)17(3)20-18(21)22-5/h17H,6-16H2,1-5H3,(H,20,21)/t17-,19?/m0/s1. The summed E-state index contributed by atoms with van der Waals surface area (Å²) in [6.45, 7) is 8.96. The number of methoxy groups -OCH3 is 1. The third-order valence-corrected chi connectivity index (χ3v) is 5.02. The van der Waals surface area contributed by atoms with Crippen LogP contribution in [-0.4, -0.2) is 19.2 Å². The molecule has 0 heterocycles. The number of rotatable bonds is 13. The number of unbranched alkanes of at least 4 members (excludes halogenated alkanes) is 7. The Morgan fingerprint density at radius 2 is 1.41 bits per heavy atom. The fourth-order valence-corrected chi connectivity index (χ4v) is 3.06. The second-order valence-electron chi connectivity index (χ2n) is 6.99. The van der Waals surface area contributed by atoms with Gasteiger partial charge in [-0.2, -0.15) is 0 Å². The highest BCUT2D eigenvalue weighted by Crippen LogP contribution is 2.35. The Kier molecular flexibility index (Phi) is 12.4. The van der Waals surface area contributed by atoms with Gasteiger partial charge in [0.1, 0.15) is 0 Å². The molecular formula is C19H39NO2. The third-order valence-electron chi connectivity index (χ3n) is 5.02. The molecule has 1 unspecified atom stereocenters. The van der Waals surface area contributed by atoms with Gasteiger partial charge < -0.3 is 10.1 Å². The van der Waals surface area contributed by atoms with Gasteiger partial charge in [0.2, 0.25) is 0 Å². The SMILES string of the molecule is CCCCCCCC(C)(CCCCCC)[C@H](C)NC(=O)OC. The molecule has 0 aromatic carbocycles. The normalized spacial score (nSPS) is 15.1. The third kappa shape index (κ3) is 9.32. The van der Waals surface area contributed by atoms with Crippen LogP contribution < -0.4 is 5.32 Å². The fraction of sp³-hybridized carbons (Fsp3) is 0.947. The first kappa shape index (κ1) is 21.3. The first-order chi connectivity index (χ1) is 10.5. The van der Waals surface area contributed by atoms with Crippen LogP contribution in [0, 0.1) is 5.41 Å². The largest absolute Gasteiger partial charge is 0.453 e. The summed E-state index contributed by atoms with van der Waals surface area (Å²) in [6.07, 6.45) is 13.7. The number of hydrogen-bond acceptors (Lipinski definition) is 2. The molecule has 0 aliphatic heterocycles. The van der Waals surface area contributed by atoms with Crippen molar-refractivity contribution in [2.24, 2.45) is 5.41 Å². The minimum absolute atomic E-state index is 0.160. The maximum atomic E-state index is 11.5. The van der Waals surface area contributed by atoms with E-state index in [1.807, 2.05) is 0 Å². The lowest BCUT2D eigenvalue weighted by atomic mass is 9.74. The smallest absolute Gasteiger partial charge is 0.407 e. The first-order valence-electron chi connectivity index (χ1n) is 9.34. The highest BCUT2D eigenvalue weighted by Gasteiger charge is 2.31. The predicted molar refractivity (Wildman–Crippen MR) is 95.2 cm³/mol. The molecule has 1 N–H and O–H groups in total. The fourth-order valence-electron chi connectivity index (χ4n) is 3.06. The lowest BCUT2D eigenvalue weighted by molar-refractivity contribution is 0.138. The van der Waals surface area contributed by atoms with Crippen molar-refractivity contribution >= 4 is 6.09 Å². The van der Waals surface area contributed by atoms with Crippen LogP contribution in [0.5, 0.6) is 0 Å². The van der Waals surface area contributed by atoms with Crippen LogP contribution in [0.3, 0.4) is 0 Å². The molecule has 2 atom stereocenters. The van der Waals surface area contributed by atoms with Crippen molar-refractivity contribution in [2.75, 3.05) is 7.11 Å². The van der Waals surface area contributed by atoms with Crippen molar-refractivity contribution < 1.29 is 9.53 Å². The van der Waals surface area contributed by atoms with Gasteiger partial charge in [-0.1, -0.05) is 78.6 Å². The van der Waals surface area contributed by atoms with E-state index in [1.165, 1.54) is 77.7 Å². The summed E-state index contributed by atoms with van der Waals surface area (Å²) in [4.78, 5) is 11.5. The Balaban J connectivity index is 4.41. The van der Waals surface area contributed by atoms with Gasteiger partial charge in [-0.15, -0.1) is 0 Å². The van der Waals surface area contributed by atoms with Crippen molar-refractivity contribution in [1.29, 1.82) is 0 Å². The first-order valence-corrected chi connectivity index (χ1v) is 9.34. The highest BCUT2D eigenvalue weighted by molar-refractivity contribution is 5.67. The van der Waals surface area contributed by atoms with Gasteiger partial charge in [-0.3, -0.25) is 0 Å². The molecule has 0 radical (unpaired) electrons. The van der Waals surface area contributed by atoms with Gasteiger partial charge in [0.05, 0.1) is 7.11 Å². The molecule has 0 aromatic heterocycles. The Morgan fingerprint density at radius 1 is 0.955 bits per heavy atom. The van der Waals surface area contributed by atoms with E-state index in [2.05, 4.69) is 33.0 Å². The van der Waals surface area contributed by atoms with E-state index in [0.717, 1.165) is 0 Å². The average molecular weight is 314 g/mol. The second-order valence-corrected chi connectivity index (χ2v) is 6.99. The molecule has 132 valence electrons. The van der Waals surface area contributed by atoms with Crippen LogP contribution in [0.2, 0.25) is 0 Å². The molecule has 1 amide bonds. The molecule has 0 aliphatic carbocycles. The summed E-state index contributed by atoms with van der Waals surface area (Å²) in [5, 5.41) is 3.00. The molecule has 0 bridgehead atoms. The predicted octanol–water partition coefficient (Wildman–Crippen LogP) is 6.07. The number of amides is 1. The topological polar surface area (TPSA) is 38.3 Å². The molecule has 0 aromatic rings. The molecular weight excluding hydrogens is 274 g/mol. The van der Waals surface area contributed by atoms with E-state index in [4.69, 9.17) is 4.74 Å². The molecule has 0 spiro atoms. The highest BCUT2D eigenvalue weighted by atomic mass is 16.5. The average Bonchev–Trinajstić information content (AvgIpc) is 2.51. The summed E-state index contributed by atoms with van der Waals surface area (Å²) in [5.41, 5.74) is 0.175. The molecule has 0 saturated heterocycles. The maximum absolute atomic E-state index is 11.5. The van der Waals surface area contributed by atoms with Gasteiger partial charge in [0.15, 0.2) is 0 Å². The molecule has 0 rings (SSSR count). The van der Waals surface area contributed by atoms with Crippen LogP contribution in [0.25, 0.3) is 0 Å². The van der Waals surface area contributed by atoms with Gasteiger partial charge in [-0.05, 0) is 25.2 Å². The second kappa shape index (κ2) is 12.8. The number of carbonyl (C=O) groups excluding carboxylic acids is 1. The maximum Gasteiger partial charge on any atom is 0.407 e. The van der Waals surface area contributed by atoms with Crippen molar-refractivity contribution in [3.05, 3.63) is 0 Å². The van der Waals surface area contributed by atoms with E-state index >= 15 is 0 Å². The van der Waals surface area contributed by atoms with Crippen molar-refractivity contribution in [3.8, 4) is 0 Å². The molecule has 0 saturated carbocycles. The summed E-state index contributed by atoms with van der Waals surface area (Å²) in [7, 11) is 1.44. The zero-order chi connectivity index (χ0) is 16.8. The van der Waals surface area contributed by atoms with Gasteiger partial charge in [-0.25, -0.2) is 4.79 Å². The zero-order valence-electron chi connectivity index (χ0n) is 15.7. The van der Waals surface area contributed by atoms with Crippen molar-refractivity contribution in [1.82, 2.24) is 5.32 Å². The van der Waals surface area contributed by atoms with Gasteiger partial charge in [0.25, 0.3) is 0 Å². The summed E-state index contributed by atoms with van der Waals surface area (Å²) >= 11 is 0. The lowest BCUT2D eigenvalue weighted by Gasteiger charge is -2.36. The number of nitrogens with one attached hydrogen (secondary N) is 1. The van der Waals surface area contributed by atoms with E-state index < -0.39 is 0 Å². The lowest BCUT2D eigenvalue weighted by Crippen LogP contribution is -2.44. The summed E-state index contributed by atoms with van der Waals surface area (Å²) in [6, 6.07) is 0.160. The number of alkyl carbamates (subject to hydrolysis) is 1. The van der Waals surface area contributed by atoms with Gasteiger partial charge >= 0.3 is 6.09 Å². The van der Waals surface area contributed by atoms with E-state index in [0.29, 0.717) is 0 Å².